The van der Waals surface area contributed by atoms with Crippen LogP contribution in [-0.2, 0) is 6.54 Å². The average Bonchev–Trinajstić information content (AvgIpc) is 2.18. The highest BCUT2D eigenvalue weighted by molar-refractivity contribution is 5.15. The minimum Gasteiger partial charge on any atom is -0.374 e. The summed E-state index contributed by atoms with van der Waals surface area (Å²) in [6, 6.07) is 10.5. The lowest BCUT2D eigenvalue weighted by Crippen LogP contribution is -2.14. The highest BCUT2D eigenvalue weighted by atomic mass is 15.1. The number of nitrogens with zero attached hydrogens (tertiary/aromatic N) is 1. The Hall–Kier alpha value is -1.24. The van der Waals surface area contributed by atoms with Crippen molar-refractivity contribution in [2.45, 2.75) is 20.4 Å². The molecule has 0 unspecified atom stereocenters. The lowest BCUT2D eigenvalue weighted by molar-refractivity contribution is 0.411. The van der Waals surface area contributed by atoms with Crippen LogP contribution in [0.3, 0.4) is 0 Å². The molecule has 0 aromatic heterocycles. The van der Waals surface area contributed by atoms with E-state index in [0.717, 1.165) is 6.54 Å². The second-order valence-corrected chi connectivity index (χ2v) is 3.27. The summed E-state index contributed by atoms with van der Waals surface area (Å²) in [4.78, 5) is 2.25. The third-order valence-corrected chi connectivity index (χ3v) is 2.28. The van der Waals surface area contributed by atoms with Crippen molar-refractivity contribution in [1.29, 1.82) is 0 Å². The predicted molar refractivity (Wildman–Crippen MR) is 57.3 cm³/mol. The number of hydrogen-bond acceptors (Lipinski definition) is 1. The van der Waals surface area contributed by atoms with Gasteiger partial charge in [0.1, 0.15) is 0 Å². The highest BCUT2D eigenvalue weighted by Gasteiger charge is 1.98. The third kappa shape index (κ3) is 2.94. The van der Waals surface area contributed by atoms with Crippen molar-refractivity contribution >= 4 is 0 Å². The van der Waals surface area contributed by atoms with Crippen LogP contribution in [0.5, 0.6) is 0 Å². The van der Waals surface area contributed by atoms with Gasteiger partial charge in [-0.25, -0.2) is 0 Å². The first-order valence-corrected chi connectivity index (χ1v) is 4.62. The van der Waals surface area contributed by atoms with Crippen LogP contribution >= 0.6 is 0 Å². The lowest BCUT2D eigenvalue weighted by Gasteiger charge is -2.19. The van der Waals surface area contributed by atoms with E-state index in [1.54, 1.807) is 0 Å². The van der Waals surface area contributed by atoms with Gasteiger partial charge in [0.2, 0.25) is 0 Å². The average molecular weight is 175 g/mol. The fraction of sp³-hybridized carbons (Fsp3) is 0.333. The summed E-state index contributed by atoms with van der Waals surface area (Å²) in [5.41, 5.74) is 2.66. The summed E-state index contributed by atoms with van der Waals surface area (Å²) >= 11 is 0. The molecule has 0 bridgehead atoms. The van der Waals surface area contributed by atoms with Gasteiger partial charge in [-0.1, -0.05) is 36.4 Å². The molecule has 1 nitrogen and oxygen atoms in total. The summed E-state index contributed by atoms with van der Waals surface area (Å²) in [6.45, 7) is 5.18. The number of allylic oxidation sites excluding steroid dienone is 2. The maximum Gasteiger partial charge on any atom is 0.0423 e. The Labute approximate surface area is 80.7 Å². The first-order valence-electron chi connectivity index (χ1n) is 4.62. The molecule has 0 aliphatic rings. The first kappa shape index (κ1) is 9.85. The van der Waals surface area contributed by atoms with E-state index in [9.17, 15) is 0 Å². The summed E-state index contributed by atoms with van der Waals surface area (Å²) in [5.74, 6) is 0. The molecule has 0 N–H and O–H groups in total. The van der Waals surface area contributed by atoms with Gasteiger partial charge in [-0.3, -0.25) is 0 Å². The van der Waals surface area contributed by atoms with E-state index in [0.29, 0.717) is 0 Å². The van der Waals surface area contributed by atoms with E-state index in [4.69, 9.17) is 0 Å². The molecule has 1 aromatic rings. The van der Waals surface area contributed by atoms with E-state index in [1.807, 2.05) is 6.07 Å². The van der Waals surface area contributed by atoms with Gasteiger partial charge in [0.25, 0.3) is 0 Å². The Morgan fingerprint density at radius 2 is 1.92 bits per heavy atom. The molecule has 0 heterocycles. The molecule has 1 rings (SSSR count). The van der Waals surface area contributed by atoms with Crippen LogP contribution in [0.4, 0.5) is 0 Å². The van der Waals surface area contributed by atoms with E-state index in [1.165, 1.54) is 11.3 Å². The molecule has 0 aliphatic heterocycles. The van der Waals surface area contributed by atoms with E-state index >= 15 is 0 Å². The van der Waals surface area contributed by atoms with Crippen LogP contribution in [-0.4, -0.2) is 11.9 Å². The van der Waals surface area contributed by atoms with Crippen molar-refractivity contribution in [3.05, 3.63) is 47.7 Å². The van der Waals surface area contributed by atoms with Gasteiger partial charge in [0.05, 0.1) is 0 Å². The largest absolute Gasteiger partial charge is 0.374 e. The molecule has 0 fully saturated rings. The van der Waals surface area contributed by atoms with Crippen LogP contribution in [0.15, 0.2) is 42.1 Å². The van der Waals surface area contributed by atoms with Crippen molar-refractivity contribution in [3.8, 4) is 0 Å². The molecule has 0 saturated carbocycles. The molecule has 0 amide bonds. The molecular weight excluding hydrogens is 158 g/mol. The van der Waals surface area contributed by atoms with Crippen molar-refractivity contribution in [1.82, 2.24) is 4.90 Å². The van der Waals surface area contributed by atoms with Crippen LogP contribution in [0.2, 0.25) is 0 Å². The topological polar surface area (TPSA) is 3.24 Å². The van der Waals surface area contributed by atoms with Gasteiger partial charge >= 0.3 is 0 Å². The van der Waals surface area contributed by atoms with Crippen LogP contribution in [0.1, 0.15) is 19.4 Å². The molecule has 1 aromatic carbocycles. The van der Waals surface area contributed by atoms with Crippen LogP contribution in [0, 0.1) is 0 Å². The molecule has 13 heavy (non-hydrogen) atoms. The normalized spacial score (nSPS) is 11.5. The van der Waals surface area contributed by atoms with Crippen LogP contribution < -0.4 is 0 Å². The second-order valence-electron chi connectivity index (χ2n) is 3.27. The smallest absolute Gasteiger partial charge is 0.0423 e. The zero-order chi connectivity index (χ0) is 9.68. The molecule has 0 aliphatic carbocycles. The highest BCUT2D eigenvalue weighted by Crippen LogP contribution is 2.07. The monoisotopic (exact) mass is 175 g/mol. The van der Waals surface area contributed by atoms with Crippen molar-refractivity contribution in [2.24, 2.45) is 0 Å². The fourth-order valence-corrected chi connectivity index (χ4v) is 1.20. The maximum absolute atomic E-state index is 2.25. The predicted octanol–water partition coefficient (Wildman–Crippen LogP) is 3.04. The Morgan fingerprint density at radius 1 is 1.31 bits per heavy atom. The zero-order valence-electron chi connectivity index (χ0n) is 8.62. The van der Waals surface area contributed by atoms with Crippen LogP contribution in [0.25, 0.3) is 0 Å². The van der Waals surface area contributed by atoms with Gasteiger partial charge in [0, 0.05) is 19.3 Å². The van der Waals surface area contributed by atoms with Crippen molar-refractivity contribution < 1.29 is 0 Å². The fourth-order valence-electron chi connectivity index (χ4n) is 1.20. The summed E-state index contributed by atoms with van der Waals surface area (Å²) in [5, 5.41) is 0. The number of hydrogen-bond donors (Lipinski definition) is 0. The van der Waals surface area contributed by atoms with E-state index in [2.05, 4.69) is 56.1 Å². The Kier molecular flexibility index (Phi) is 3.56. The Balaban J connectivity index is 2.60. The quantitative estimate of drug-likeness (QED) is 0.682. The van der Waals surface area contributed by atoms with Crippen molar-refractivity contribution in [3.63, 3.8) is 0 Å². The molecule has 70 valence electrons. The van der Waals surface area contributed by atoms with Gasteiger partial charge in [0.15, 0.2) is 0 Å². The van der Waals surface area contributed by atoms with Crippen molar-refractivity contribution in [2.75, 3.05) is 7.05 Å². The Bertz CT molecular complexity index is 274. The third-order valence-electron chi connectivity index (χ3n) is 2.28. The molecule has 0 spiro atoms. The SMILES string of the molecule is C/C=C(\C)N(C)Cc1ccccc1. The lowest BCUT2D eigenvalue weighted by atomic mass is 10.2. The van der Waals surface area contributed by atoms with E-state index in [-0.39, 0.29) is 0 Å². The van der Waals surface area contributed by atoms with Gasteiger partial charge in [-0.05, 0) is 19.4 Å². The summed E-state index contributed by atoms with van der Waals surface area (Å²) < 4.78 is 0. The molecular formula is C12H17N. The molecule has 0 radical (unpaired) electrons. The minimum absolute atomic E-state index is 0.983. The summed E-state index contributed by atoms with van der Waals surface area (Å²) in [7, 11) is 2.11. The van der Waals surface area contributed by atoms with E-state index < -0.39 is 0 Å². The molecule has 0 atom stereocenters. The molecule has 1 heteroatoms. The second kappa shape index (κ2) is 4.70. The number of benzene rings is 1. The zero-order valence-corrected chi connectivity index (χ0v) is 8.62. The van der Waals surface area contributed by atoms with Gasteiger partial charge < -0.3 is 4.90 Å². The maximum atomic E-state index is 2.25. The molecule has 0 saturated heterocycles. The van der Waals surface area contributed by atoms with Gasteiger partial charge in [-0.15, -0.1) is 0 Å². The standard InChI is InChI=1S/C12H17N/c1-4-11(2)13(3)10-12-8-6-5-7-9-12/h4-9H,10H2,1-3H3/b11-4+. The number of rotatable bonds is 3. The Morgan fingerprint density at radius 3 is 2.46 bits per heavy atom. The summed E-state index contributed by atoms with van der Waals surface area (Å²) in [6.07, 6.45) is 2.13. The van der Waals surface area contributed by atoms with Gasteiger partial charge in [-0.2, -0.15) is 0 Å². The minimum atomic E-state index is 0.983. The first-order chi connectivity index (χ1) is 6.24.